The molecule has 0 saturated carbocycles. The van der Waals surface area contributed by atoms with E-state index in [4.69, 9.17) is 11.6 Å². The molecule has 0 bridgehead atoms. The summed E-state index contributed by atoms with van der Waals surface area (Å²) in [6.45, 7) is 1.78. The van der Waals surface area contributed by atoms with E-state index in [2.05, 4.69) is 4.90 Å². The van der Waals surface area contributed by atoms with E-state index in [1.807, 2.05) is 7.05 Å². The topological polar surface area (TPSA) is 6.48 Å². The molecular formula is C15H20ClF3N2. The number of nitrogens with zero attached hydrogens (tertiary/aromatic N) is 2. The predicted octanol–water partition coefficient (Wildman–Crippen LogP) is 3.97. The van der Waals surface area contributed by atoms with Crippen LogP contribution in [0.3, 0.4) is 0 Å². The van der Waals surface area contributed by atoms with E-state index in [0.717, 1.165) is 32.0 Å². The lowest BCUT2D eigenvalue weighted by atomic mass is 10.0. The Morgan fingerprint density at radius 3 is 2.67 bits per heavy atom. The Balaban J connectivity index is 2.33. The van der Waals surface area contributed by atoms with Gasteiger partial charge in [-0.25, -0.2) is 0 Å². The van der Waals surface area contributed by atoms with Gasteiger partial charge in [0.05, 0.1) is 5.56 Å². The summed E-state index contributed by atoms with van der Waals surface area (Å²) in [5.74, 6) is 0.0826. The van der Waals surface area contributed by atoms with Crippen LogP contribution in [0.1, 0.15) is 24.0 Å². The van der Waals surface area contributed by atoms with Gasteiger partial charge in [0.2, 0.25) is 0 Å². The molecule has 0 N–H and O–H groups in total. The van der Waals surface area contributed by atoms with Gasteiger partial charge in [-0.3, -0.25) is 0 Å². The standard InChI is InChI=1S/C15H20ClF3N2/c1-20-7-3-4-12(10-20)21(2)14-6-5-11(9-16)8-13(14)15(17,18)19/h5-6,8,12H,3-4,7,9-10H2,1-2H3. The summed E-state index contributed by atoms with van der Waals surface area (Å²) >= 11 is 5.66. The first kappa shape index (κ1) is 16.4. The fraction of sp³-hybridized carbons (Fsp3) is 0.600. The highest BCUT2D eigenvalue weighted by Gasteiger charge is 2.36. The molecule has 0 radical (unpaired) electrons. The van der Waals surface area contributed by atoms with E-state index >= 15 is 0 Å². The number of hydrogen-bond donors (Lipinski definition) is 0. The van der Waals surface area contributed by atoms with Crippen LogP contribution in [0.2, 0.25) is 0 Å². The van der Waals surface area contributed by atoms with Gasteiger partial charge in [0.1, 0.15) is 0 Å². The van der Waals surface area contributed by atoms with E-state index in [1.165, 1.54) is 6.07 Å². The van der Waals surface area contributed by atoms with E-state index < -0.39 is 11.7 Å². The van der Waals surface area contributed by atoms with Gasteiger partial charge in [0.25, 0.3) is 0 Å². The highest BCUT2D eigenvalue weighted by Crippen LogP contribution is 2.38. The molecule has 1 aliphatic heterocycles. The quantitative estimate of drug-likeness (QED) is 0.777. The van der Waals surface area contributed by atoms with Gasteiger partial charge in [0.15, 0.2) is 0 Å². The van der Waals surface area contributed by atoms with E-state index in [1.54, 1.807) is 18.0 Å². The third kappa shape index (κ3) is 3.83. The van der Waals surface area contributed by atoms with Crippen molar-refractivity contribution in [3.05, 3.63) is 29.3 Å². The van der Waals surface area contributed by atoms with Gasteiger partial charge >= 0.3 is 6.18 Å². The van der Waals surface area contributed by atoms with Crippen molar-refractivity contribution < 1.29 is 13.2 Å². The Kier molecular flexibility index (Phi) is 5.04. The van der Waals surface area contributed by atoms with Crippen LogP contribution < -0.4 is 4.90 Å². The molecule has 0 spiro atoms. The largest absolute Gasteiger partial charge is 0.418 e. The number of alkyl halides is 4. The van der Waals surface area contributed by atoms with Gasteiger partial charge in [-0.15, -0.1) is 11.6 Å². The number of anilines is 1. The summed E-state index contributed by atoms with van der Waals surface area (Å²) in [4.78, 5) is 3.92. The second-order valence-electron chi connectivity index (χ2n) is 5.65. The van der Waals surface area contributed by atoms with E-state index in [9.17, 15) is 13.2 Å². The number of hydrogen-bond acceptors (Lipinski definition) is 2. The SMILES string of the molecule is CN1CCCC(N(C)c2ccc(CCl)cc2C(F)(F)F)C1. The first-order valence-electron chi connectivity index (χ1n) is 7.00. The summed E-state index contributed by atoms with van der Waals surface area (Å²) in [5, 5.41) is 0. The van der Waals surface area contributed by atoms with Gasteiger partial charge in [-0.05, 0) is 44.1 Å². The van der Waals surface area contributed by atoms with Gasteiger partial charge in [-0.2, -0.15) is 13.2 Å². The molecule has 2 rings (SSSR count). The summed E-state index contributed by atoms with van der Waals surface area (Å²) in [5.41, 5.74) is 0.120. The van der Waals surface area contributed by atoms with Crippen molar-refractivity contribution in [2.24, 2.45) is 0 Å². The normalized spacial score (nSPS) is 20.6. The smallest absolute Gasteiger partial charge is 0.370 e. The lowest BCUT2D eigenvalue weighted by molar-refractivity contribution is -0.137. The molecule has 1 aliphatic rings. The molecule has 1 aromatic rings. The molecule has 118 valence electrons. The van der Waals surface area contributed by atoms with Crippen LogP contribution in [0.5, 0.6) is 0 Å². The minimum atomic E-state index is -4.37. The lowest BCUT2D eigenvalue weighted by Gasteiger charge is -2.38. The molecule has 1 fully saturated rings. The van der Waals surface area contributed by atoms with Gasteiger partial charge in [0, 0.05) is 31.2 Å². The van der Waals surface area contributed by atoms with Crippen molar-refractivity contribution in [2.45, 2.75) is 30.9 Å². The maximum atomic E-state index is 13.3. The van der Waals surface area contributed by atoms with Crippen LogP contribution in [0.15, 0.2) is 18.2 Å². The van der Waals surface area contributed by atoms with Crippen molar-refractivity contribution in [1.82, 2.24) is 4.90 Å². The molecule has 1 heterocycles. The zero-order chi connectivity index (χ0) is 15.6. The average Bonchev–Trinajstić information content (AvgIpc) is 2.45. The second kappa shape index (κ2) is 6.44. The van der Waals surface area contributed by atoms with Crippen LogP contribution >= 0.6 is 11.6 Å². The molecular weight excluding hydrogens is 301 g/mol. The highest BCUT2D eigenvalue weighted by atomic mass is 35.5. The number of likely N-dealkylation sites (N-methyl/N-ethyl adjacent to an activating group) is 2. The van der Waals surface area contributed by atoms with Crippen LogP contribution in [-0.4, -0.2) is 38.1 Å². The third-order valence-corrected chi connectivity index (χ3v) is 4.36. The first-order valence-corrected chi connectivity index (χ1v) is 7.54. The summed E-state index contributed by atoms with van der Waals surface area (Å²) < 4.78 is 39.9. The maximum absolute atomic E-state index is 13.3. The molecule has 1 saturated heterocycles. The fourth-order valence-corrected chi connectivity index (χ4v) is 3.02. The van der Waals surface area contributed by atoms with Gasteiger partial charge < -0.3 is 9.80 Å². The molecule has 1 aromatic carbocycles. The highest BCUT2D eigenvalue weighted by molar-refractivity contribution is 6.17. The molecule has 0 aliphatic carbocycles. The zero-order valence-corrected chi connectivity index (χ0v) is 13.0. The molecule has 1 unspecified atom stereocenters. The molecule has 21 heavy (non-hydrogen) atoms. The number of likely N-dealkylation sites (tertiary alicyclic amines) is 1. The minimum absolute atomic E-state index is 0.0826. The summed E-state index contributed by atoms with van der Waals surface area (Å²) in [7, 11) is 3.75. The van der Waals surface area contributed by atoms with Crippen molar-refractivity contribution in [1.29, 1.82) is 0 Å². The number of piperidine rings is 1. The monoisotopic (exact) mass is 320 g/mol. The van der Waals surface area contributed by atoms with E-state index in [0.29, 0.717) is 5.56 Å². The van der Waals surface area contributed by atoms with Gasteiger partial charge in [-0.1, -0.05) is 6.07 Å². The molecule has 0 amide bonds. The van der Waals surface area contributed by atoms with Crippen LogP contribution in [0, 0.1) is 0 Å². The third-order valence-electron chi connectivity index (χ3n) is 4.05. The lowest BCUT2D eigenvalue weighted by Crippen LogP contribution is -2.45. The van der Waals surface area contributed by atoms with Crippen LogP contribution in [-0.2, 0) is 12.1 Å². The molecule has 0 aromatic heterocycles. The summed E-state index contributed by atoms with van der Waals surface area (Å²) in [6.07, 6.45) is -2.45. The Bertz CT molecular complexity index is 490. The molecule has 1 atom stereocenters. The average molecular weight is 321 g/mol. The number of rotatable bonds is 3. The predicted molar refractivity (Wildman–Crippen MR) is 79.9 cm³/mol. The Morgan fingerprint density at radius 2 is 2.10 bits per heavy atom. The van der Waals surface area contributed by atoms with Crippen LogP contribution in [0.4, 0.5) is 18.9 Å². The Labute approximate surface area is 128 Å². The summed E-state index contributed by atoms with van der Waals surface area (Å²) in [6, 6.07) is 4.47. The molecule has 6 heteroatoms. The number of benzene rings is 1. The minimum Gasteiger partial charge on any atom is -0.370 e. The molecule has 2 nitrogen and oxygen atoms in total. The zero-order valence-electron chi connectivity index (χ0n) is 12.3. The first-order chi connectivity index (χ1) is 9.82. The Hall–Kier alpha value is -0.940. The van der Waals surface area contributed by atoms with Crippen molar-refractivity contribution in [2.75, 3.05) is 32.1 Å². The van der Waals surface area contributed by atoms with Crippen LogP contribution in [0.25, 0.3) is 0 Å². The number of halogens is 4. The van der Waals surface area contributed by atoms with E-state index in [-0.39, 0.29) is 17.6 Å². The van der Waals surface area contributed by atoms with Crippen molar-refractivity contribution in [3.63, 3.8) is 0 Å². The Morgan fingerprint density at radius 1 is 1.38 bits per heavy atom. The van der Waals surface area contributed by atoms with Crippen molar-refractivity contribution >= 4 is 17.3 Å². The maximum Gasteiger partial charge on any atom is 0.418 e. The fourth-order valence-electron chi connectivity index (χ4n) is 2.85. The second-order valence-corrected chi connectivity index (χ2v) is 5.92. The van der Waals surface area contributed by atoms with Crippen molar-refractivity contribution in [3.8, 4) is 0 Å².